The van der Waals surface area contributed by atoms with Gasteiger partial charge < -0.3 is 14.7 Å². The van der Waals surface area contributed by atoms with Crippen molar-refractivity contribution in [2.75, 3.05) is 6.54 Å². The highest BCUT2D eigenvalue weighted by Gasteiger charge is 2.41. The number of benzene rings is 1. The molecule has 0 bridgehead atoms. The first-order valence-electron chi connectivity index (χ1n) is 7.76. The van der Waals surface area contributed by atoms with Gasteiger partial charge in [0.2, 0.25) is 0 Å². The lowest BCUT2D eigenvalue weighted by Crippen LogP contribution is -2.47. The van der Waals surface area contributed by atoms with Gasteiger partial charge in [-0.15, -0.1) is 0 Å². The van der Waals surface area contributed by atoms with E-state index in [9.17, 15) is 14.7 Å². The number of carboxylic acids is 1. The second kappa shape index (κ2) is 7.21. The van der Waals surface area contributed by atoms with E-state index in [4.69, 9.17) is 16.3 Å². The van der Waals surface area contributed by atoms with Gasteiger partial charge in [-0.05, 0) is 37.5 Å². The number of carbonyl (C=O) groups is 2. The number of ether oxygens (including phenoxy) is 1. The Labute approximate surface area is 141 Å². The molecule has 1 N–H and O–H groups in total. The summed E-state index contributed by atoms with van der Waals surface area (Å²) in [5.41, 5.74) is 0. The van der Waals surface area contributed by atoms with Crippen LogP contribution in [0.4, 0.5) is 0 Å². The van der Waals surface area contributed by atoms with Gasteiger partial charge in [0.1, 0.15) is 5.75 Å². The van der Waals surface area contributed by atoms with E-state index in [1.165, 1.54) is 0 Å². The van der Waals surface area contributed by atoms with Crippen molar-refractivity contribution in [3.8, 4) is 5.75 Å². The molecule has 1 saturated heterocycles. The molecule has 126 valence electrons. The van der Waals surface area contributed by atoms with Gasteiger partial charge in [0.05, 0.1) is 5.92 Å². The first-order chi connectivity index (χ1) is 10.8. The highest BCUT2D eigenvalue weighted by atomic mass is 35.5. The molecule has 1 aliphatic rings. The van der Waals surface area contributed by atoms with E-state index in [2.05, 4.69) is 0 Å². The van der Waals surface area contributed by atoms with Crippen molar-refractivity contribution >= 4 is 23.5 Å². The molecule has 2 rings (SSSR count). The molecule has 0 aliphatic carbocycles. The summed E-state index contributed by atoms with van der Waals surface area (Å²) >= 11 is 5.95. The van der Waals surface area contributed by atoms with E-state index in [0.717, 1.165) is 0 Å². The third-order valence-corrected chi connectivity index (χ3v) is 4.50. The minimum Gasteiger partial charge on any atom is -0.481 e. The van der Waals surface area contributed by atoms with Gasteiger partial charge >= 0.3 is 5.97 Å². The van der Waals surface area contributed by atoms with Crippen LogP contribution in [0, 0.1) is 11.8 Å². The Morgan fingerprint density at radius 1 is 1.39 bits per heavy atom. The molecule has 1 aliphatic heterocycles. The second-order valence-electron chi connectivity index (χ2n) is 6.25. The maximum Gasteiger partial charge on any atom is 0.308 e. The van der Waals surface area contributed by atoms with Crippen LogP contribution in [0.1, 0.15) is 27.2 Å². The normalized spacial score (nSPS) is 22.2. The molecule has 1 amide bonds. The van der Waals surface area contributed by atoms with Crippen LogP contribution in [0.15, 0.2) is 24.3 Å². The fourth-order valence-corrected chi connectivity index (χ4v) is 3.08. The number of halogens is 1. The highest BCUT2D eigenvalue weighted by molar-refractivity contribution is 6.30. The highest BCUT2D eigenvalue weighted by Crippen LogP contribution is 2.28. The third kappa shape index (κ3) is 3.96. The number of likely N-dealkylation sites (tertiary alicyclic amines) is 1. The Balaban J connectivity index is 2.15. The van der Waals surface area contributed by atoms with Gasteiger partial charge in [0.15, 0.2) is 6.10 Å². The predicted octanol–water partition coefficient (Wildman–Crippen LogP) is 3.07. The molecule has 6 heteroatoms. The van der Waals surface area contributed by atoms with E-state index < -0.39 is 18.0 Å². The minimum atomic E-state index is -0.857. The Hall–Kier alpha value is -1.75. The zero-order valence-electron chi connectivity index (χ0n) is 13.5. The Morgan fingerprint density at radius 2 is 2.09 bits per heavy atom. The maximum absolute atomic E-state index is 12.8. The van der Waals surface area contributed by atoms with Crippen molar-refractivity contribution in [2.45, 2.75) is 39.3 Å². The van der Waals surface area contributed by atoms with Crippen LogP contribution in [0.3, 0.4) is 0 Å². The monoisotopic (exact) mass is 339 g/mol. The lowest BCUT2D eigenvalue weighted by Gasteiger charge is -2.30. The first-order valence-corrected chi connectivity index (χ1v) is 8.14. The zero-order chi connectivity index (χ0) is 17.1. The summed E-state index contributed by atoms with van der Waals surface area (Å²) in [6.07, 6.45) is -0.187. The van der Waals surface area contributed by atoms with Crippen LogP contribution >= 0.6 is 11.6 Å². The first kappa shape index (κ1) is 17.6. The van der Waals surface area contributed by atoms with E-state index in [1.54, 1.807) is 36.1 Å². The molecule has 23 heavy (non-hydrogen) atoms. The quantitative estimate of drug-likeness (QED) is 0.895. The molecule has 0 aromatic heterocycles. The van der Waals surface area contributed by atoms with Crippen LogP contribution in [0.5, 0.6) is 5.75 Å². The van der Waals surface area contributed by atoms with Gasteiger partial charge in [-0.2, -0.15) is 0 Å². The van der Waals surface area contributed by atoms with E-state index in [0.29, 0.717) is 23.7 Å². The van der Waals surface area contributed by atoms with Crippen molar-refractivity contribution in [1.29, 1.82) is 0 Å². The number of rotatable bonds is 5. The molecule has 0 spiro atoms. The zero-order valence-corrected chi connectivity index (χ0v) is 14.3. The lowest BCUT2D eigenvalue weighted by molar-refractivity contribution is -0.145. The average molecular weight is 340 g/mol. The average Bonchev–Trinajstić information content (AvgIpc) is 2.85. The molecule has 1 aromatic rings. The van der Waals surface area contributed by atoms with Crippen molar-refractivity contribution in [3.05, 3.63) is 29.3 Å². The van der Waals surface area contributed by atoms with Gasteiger partial charge in [0.25, 0.3) is 5.91 Å². The predicted molar refractivity (Wildman–Crippen MR) is 87.6 cm³/mol. The molecule has 1 heterocycles. The summed E-state index contributed by atoms with van der Waals surface area (Å²) in [4.78, 5) is 25.7. The maximum atomic E-state index is 12.8. The van der Waals surface area contributed by atoms with E-state index >= 15 is 0 Å². The molecular weight excluding hydrogens is 318 g/mol. The number of hydrogen-bond acceptors (Lipinski definition) is 3. The summed E-state index contributed by atoms with van der Waals surface area (Å²) in [7, 11) is 0. The third-order valence-electron chi connectivity index (χ3n) is 4.26. The summed E-state index contributed by atoms with van der Waals surface area (Å²) < 4.78 is 5.85. The molecule has 3 unspecified atom stereocenters. The molecule has 0 radical (unpaired) electrons. The largest absolute Gasteiger partial charge is 0.481 e. The Kier molecular flexibility index (Phi) is 5.52. The summed E-state index contributed by atoms with van der Waals surface area (Å²) in [6.45, 7) is 6.03. The molecule has 1 aromatic carbocycles. The summed E-state index contributed by atoms with van der Waals surface area (Å²) in [6, 6.07) is 6.59. The van der Waals surface area contributed by atoms with Crippen LogP contribution in [0.2, 0.25) is 5.02 Å². The Morgan fingerprint density at radius 3 is 2.61 bits per heavy atom. The SMILES string of the molecule is CC(C)C(Oc1cccc(Cl)c1)C(=O)N1CCC(C(=O)O)C1C. The summed E-state index contributed by atoms with van der Waals surface area (Å²) in [5, 5.41) is 9.75. The minimum absolute atomic E-state index is 0.0439. The van der Waals surface area contributed by atoms with Crippen LogP contribution in [0.25, 0.3) is 0 Å². The van der Waals surface area contributed by atoms with Crippen LogP contribution in [-0.4, -0.2) is 40.6 Å². The number of carbonyl (C=O) groups excluding carboxylic acids is 1. The molecule has 3 atom stereocenters. The number of nitrogens with zero attached hydrogens (tertiary/aromatic N) is 1. The van der Waals surface area contributed by atoms with Crippen molar-refractivity contribution in [1.82, 2.24) is 4.90 Å². The second-order valence-corrected chi connectivity index (χ2v) is 6.68. The fourth-order valence-electron chi connectivity index (χ4n) is 2.90. The number of aliphatic carboxylic acids is 1. The standard InChI is InChI=1S/C17H22ClNO4/c1-10(2)15(23-13-6-4-5-12(18)9-13)16(20)19-8-7-14(11(19)3)17(21)22/h4-6,9-11,14-15H,7-8H2,1-3H3,(H,21,22). The van der Waals surface area contributed by atoms with Crippen molar-refractivity contribution < 1.29 is 19.4 Å². The van der Waals surface area contributed by atoms with Gasteiger partial charge in [-0.25, -0.2) is 0 Å². The summed E-state index contributed by atoms with van der Waals surface area (Å²) in [5.74, 6) is -1.05. The van der Waals surface area contributed by atoms with Crippen molar-refractivity contribution in [3.63, 3.8) is 0 Å². The van der Waals surface area contributed by atoms with E-state index in [-0.39, 0.29) is 17.9 Å². The molecule has 5 nitrogen and oxygen atoms in total. The van der Waals surface area contributed by atoms with Crippen molar-refractivity contribution in [2.24, 2.45) is 11.8 Å². The topological polar surface area (TPSA) is 66.8 Å². The van der Waals surface area contributed by atoms with E-state index in [1.807, 2.05) is 13.8 Å². The smallest absolute Gasteiger partial charge is 0.308 e. The Bertz CT molecular complexity index is 590. The molecular formula is C17H22ClNO4. The number of hydrogen-bond donors (Lipinski definition) is 1. The van der Waals surface area contributed by atoms with Gasteiger partial charge in [-0.3, -0.25) is 9.59 Å². The fraction of sp³-hybridized carbons (Fsp3) is 0.529. The van der Waals surface area contributed by atoms with Crippen LogP contribution < -0.4 is 4.74 Å². The number of carboxylic acid groups (broad SMARTS) is 1. The van der Waals surface area contributed by atoms with Crippen LogP contribution in [-0.2, 0) is 9.59 Å². The number of amides is 1. The van der Waals surface area contributed by atoms with Gasteiger partial charge in [0, 0.05) is 17.6 Å². The molecule has 1 fully saturated rings. The molecule has 0 saturated carbocycles. The lowest BCUT2D eigenvalue weighted by atomic mass is 10.0. The van der Waals surface area contributed by atoms with Gasteiger partial charge in [-0.1, -0.05) is 31.5 Å².